The SMILES string of the molecule is CC[C@H](C)NC(=O)CN(Cc1ccc(Cl)cc1)S(=O)(=O)c1c(C)cc(C)cc1C. The molecule has 0 aliphatic heterocycles. The number of sulfonamides is 1. The van der Waals surface area contributed by atoms with Crippen molar-refractivity contribution in [2.75, 3.05) is 6.54 Å². The van der Waals surface area contributed by atoms with Gasteiger partial charge in [-0.2, -0.15) is 4.31 Å². The molecule has 7 heteroatoms. The standard InChI is InChI=1S/C22H29ClN2O3S/c1-6-18(5)24-21(26)14-25(13-19-7-9-20(23)10-8-19)29(27,28)22-16(3)11-15(2)12-17(22)4/h7-12,18H,6,13-14H2,1-5H3,(H,24,26)/t18-/m0/s1. The van der Waals surface area contributed by atoms with E-state index in [1.807, 2.05) is 32.9 Å². The van der Waals surface area contributed by atoms with Crippen molar-refractivity contribution in [2.45, 2.75) is 58.5 Å². The lowest BCUT2D eigenvalue weighted by Crippen LogP contribution is -2.43. The molecule has 0 aliphatic carbocycles. The molecular formula is C22H29ClN2O3S. The predicted molar refractivity (Wildman–Crippen MR) is 118 cm³/mol. The highest BCUT2D eigenvalue weighted by molar-refractivity contribution is 7.89. The number of carbonyl (C=O) groups excluding carboxylic acids is 1. The van der Waals surface area contributed by atoms with Gasteiger partial charge in [-0.25, -0.2) is 8.42 Å². The summed E-state index contributed by atoms with van der Waals surface area (Å²) in [5.41, 5.74) is 3.10. The van der Waals surface area contributed by atoms with E-state index >= 15 is 0 Å². The molecule has 0 aromatic heterocycles. The van der Waals surface area contributed by atoms with Crippen molar-refractivity contribution in [1.29, 1.82) is 0 Å². The first-order valence-electron chi connectivity index (χ1n) is 9.66. The summed E-state index contributed by atoms with van der Waals surface area (Å²) >= 11 is 5.95. The number of hydrogen-bond acceptors (Lipinski definition) is 3. The summed E-state index contributed by atoms with van der Waals surface area (Å²) in [5, 5.41) is 3.42. The van der Waals surface area contributed by atoms with Crippen molar-refractivity contribution in [1.82, 2.24) is 9.62 Å². The fraction of sp³-hybridized carbons (Fsp3) is 0.409. The van der Waals surface area contributed by atoms with Gasteiger partial charge < -0.3 is 5.32 Å². The molecule has 1 N–H and O–H groups in total. The second-order valence-corrected chi connectivity index (χ2v) is 9.82. The van der Waals surface area contributed by atoms with Crippen LogP contribution in [0.2, 0.25) is 5.02 Å². The van der Waals surface area contributed by atoms with Gasteiger partial charge in [0.25, 0.3) is 0 Å². The van der Waals surface area contributed by atoms with Gasteiger partial charge in [0.1, 0.15) is 0 Å². The predicted octanol–water partition coefficient (Wildman–Crippen LogP) is 4.37. The Labute approximate surface area is 179 Å². The van der Waals surface area contributed by atoms with Crippen molar-refractivity contribution in [3.63, 3.8) is 0 Å². The third-order valence-electron chi connectivity index (χ3n) is 4.81. The van der Waals surface area contributed by atoms with Crippen LogP contribution in [0.5, 0.6) is 0 Å². The minimum Gasteiger partial charge on any atom is -0.353 e. The number of nitrogens with zero attached hydrogens (tertiary/aromatic N) is 1. The first kappa shape index (κ1) is 23.4. The highest BCUT2D eigenvalue weighted by Crippen LogP contribution is 2.26. The van der Waals surface area contributed by atoms with Gasteiger partial charge in [0.05, 0.1) is 11.4 Å². The molecule has 0 unspecified atom stereocenters. The molecule has 158 valence electrons. The van der Waals surface area contributed by atoms with Gasteiger partial charge in [-0.3, -0.25) is 4.79 Å². The molecule has 2 aromatic carbocycles. The molecule has 29 heavy (non-hydrogen) atoms. The molecule has 0 fully saturated rings. The summed E-state index contributed by atoms with van der Waals surface area (Å²) in [5.74, 6) is -0.320. The fourth-order valence-corrected chi connectivity index (χ4v) is 5.23. The second kappa shape index (κ2) is 9.74. The number of aryl methyl sites for hydroxylation is 3. The van der Waals surface area contributed by atoms with Crippen LogP contribution >= 0.6 is 11.6 Å². The largest absolute Gasteiger partial charge is 0.353 e. The van der Waals surface area contributed by atoms with Crippen molar-refractivity contribution in [2.24, 2.45) is 0 Å². The Morgan fingerprint density at radius 3 is 2.17 bits per heavy atom. The lowest BCUT2D eigenvalue weighted by Gasteiger charge is -2.25. The maximum absolute atomic E-state index is 13.6. The lowest BCUT2D eigenvalue weighted by atomic mass is 10.1. The van der Waals surface area contributed by atoms with Gasteiger partial charge >= 0.3 is 0 Å². The first-order valence-corrected chi connectivity index (χ1v) is 11.5. The fourth-order valence-electron chi connectivity index (χ4n) is 3.30. The molecular weight excluding hydrogens is 408 g/mol. The number of halogens is 1. The summed E-state index contributed by atoms with van der Waals surface area (Å²) in [6.07, 6.45) is 0.770. The van der Waals surface area contributed by atoms with E-state index in [0.717, 1.165) is 17.5 Å². The van der Waals surface area contributed by atoms with Crippen LogP contribution in [0.1, 0.15) is 42.5 Å². The van der Waals surface area contributed by atoms with Crippen LogP contribution in [-0.4, -0.2) is 31.2 Å². The quantitative estimate of drug-likeness (QED) is 0.668. The number of hydrogen-bond donors (Lipinski definition) is 1. The highest BCUT2D eigenvalue weighted by atomic mass is 35.5. The molecule has 0 heterocycles. The molecule has 0 saturated carbocycles. The molecule has 1 amide bonds. The average Bonchev–Trinajstić information content (AvgIpc) is 2.61. The molecule has 1 atom stereocenters. The number of nitrogens with one attached hydrogen (secondary N) is 1. The Balaban J connectivity index is 2.44. The van der Waals surface area contributed by atoms with Gasteiger partial charge in [0.15, 0.2) is 0 Å². The molecule has 0 bridgehead atoms. The maximum Gasteiger partial charge on any atom is 0.244 e. The summed E-state index contributed by atoms with van der Waals surface area (Å²) in [6.45, 7) is 9.19. The summed E-state index contributed by atoms with van der Waals surface area (Å²) in [4.78, 5) is 12.8. The third-order valence-corrected chi connectivity index (χ3v) is 7.16. The highest BCUT2D eigenvalue weighted by Gasteiger charge is 2.30. The van der Waals surface area contributed by atoms with Crippen molar-refractivity contribution in [3.05, 3.63) is 63.7 Å². The number of rotatable bonds is 8. The number of amides is 1. The molecule has 0 saturated heterocycles. The van der Waals surface area contributed by atoms with Crippen LogP contribution < -0.4 is 5.32 Å². The normalized spacial score (nSPS) is 12.8. The third kappa shape index (κ3) is 6.04. The smallest absolute Gasteiger partial charge is 0.244 e. The van der Waals surface area contributed by atoms with Crippen LogP contribution in [0.4, 0.5) is 0 Å². The minimum absolute atomic E-state index is 0.0227. The van der Waals surface area contributed by atoms with E-state index in [9.17, 15) is 13.2 Å². The summed E-state index contributed by atoms with van der Waals surface area (Å²) in [6, 6.07) is 10.6. The zero-order chi connectivity index (χ0) is 21.8. The zero-order valence-electron chi connectivity index (χ0n) is 17.6. The second-order valence-electron chi connectivity index (χ2n) is 7.50. The molecule has 0 aliphatic rings. The van der Waals surface area contributed by atoms with Crippen molar-refractivity contribution < 1.29 is 13.2 Å². The summed E-state index contributed by atoms with van der Waals surface area (Å²) in [7, 11) is -3.89. The van der Waals surface area contributed by atoms with Crippen LogP contribution in [0.25, 0.3) is 0 Å². The zero-order valence-corrected chi connectivity index (χ0v) is 19.2. The molecule has 5 nitrogen and oxygen atoms in total. The molecule has 2 aromatic rings. The van der Waals surface area contributed by atoms with Crippen LogP contribution in [-0.2, 0) is 21.4 Å². The van der Waals surface area contributed by atoms with Crippen LogP contribution in [0, 0.1) is 20.8 Å². The molecule has 0 radical (unpaired) electrons. The van der Waals surface area contributed by atoms with Crippen molar-refractivity contribution in [3.8, 4) is 0 Å². The van der Waals surface area contributed by atoms with Gasteiger partial charge in [0, 0.05) is 17.6 Å². The Hall–Kier alpha value is -1.89. The Kier molecular flexibility index (Phi) is 7.86. The monoisotopic (exact) mass is 436 g/mol. The van der Waals surface area contributed by atoms with E-state index in [4.69, 9.17) is 11.6 Å². The van der Waals surface area contributed by atoms with E-state index in [1.54, 1.807) is 38.1 Å². The topological polar surface area (TPSA) is 66.5 Å². The van der Waals surface area contributed by atoms with Gasteiger partial charge in [-0.1, -0.05) is 48.4 Å². The minimum atomic E-state index is -3.89. The molecule has 2 rings (SSSR count). The first-order chi connectivity index (χ1) is 13.5. The van der Waals surface area contributed by atoms with E-state index in [2.05, 4.69) is 5.32 Å². The van der Waals surface area contributed by atoms with Crippen LogP contribution in [0.3, 0.4) is 0 Å². The Morgan fingerprint density at radius 1 is 1.10 bits per heavy atom. The van der Waals surface area contributed by atoms with E-state index in [-0.39, 0.29) is 29.9 Å². The number of benzene rings is 2. The van der Waals surface area contributed by atoms with Crippen molar-refractivity contribution >= 4 is 27.5 Å². The lowest BCUT2D eigenvalue weighted by molar-refractivity contribution is -0.122. The summed E-state index contributed by atoms with van der Waals surface area (Å²) < 4.78 is 28.4. The van der Waals surface area contributed by atoms with E-state index < -0.39 is 10.0 Å². The Bertz CT molecular complexity index is 949. The van der Waals surface area contributed by atoms with Gasteiger partial charge in [-0.05, 0) is 62.9 Å². The van der Waals surface area contributed by atoms with Gasteiger partial charge in [0.2, 0.25) is 15.9 Å². The van der Waals surface area contributed by atoms with Gasteiger partial charge in [-0.15, -0.1) is 0 Å². The molecule has 0 spiro atoms. The maximum atomic E-state index is 13.6. The Morgan fingerprint density at radius 2 is 1.66 bits per heavy atom. The number of carbonyl (C=O) groups is 1. The van der Waals surface area contributed by atoms with Crippen LogP contribution in [0.15, 0.2) is 41.3 Å². The van der Waals surface area contributed by atoms with E-state index in [0.29, 0.717) is 16.1 Å². The average molecular weight is 437 g/mol. The van der Waals surface area contributed by atoms with E-state index in [1.165, 1.54) is 4.31 Å².